The average Bonchev–Trinajstić information content (AvgIpc) is 3.28. The normalized spacial score (nSPS) is 11.3. The molecular weight excluding hydrogens is 426 g/mol. The van der Waals surface area contributed by atoms with Crippen molar-refractivity contribution in [3.05, 3.63) is 90.6 Å². The van der Waals surface area contributed by atoms with E-state index in [9.17, 15) is 8.42 Å². The van der Waals surface area contributed by atoms with Gasteiger partial charge in [0.25, 0.3) is 0 Å². The van der Waals surface area contributed by atoms with Gasteiger partial charge in [-0.1, -0.05) is 18.2 Å². The molecule has 4 aromatic rings. The quantitative estimate of drug-likeness (QED) is 0.439. The van der Waals surface area contributed by atoms with Gasteiger partial charge in [0.15, 0.2) is 0 Å². The van der Waals surface area contributed by atoms with Crippen LogP contribution in [0.5, 0.6) is 11.5 Å². The van der Waals surface area contributed by atoms with Gasteiger partial charge in [-0.15, -0.1) is 0 Å². The fraction of sp³-hybridized carbons (Fsp3) is 0.125. The first kappa shape index (κ1) is 21.6. The SMILES string of the molecule is COc1ccc(-c2nn(-c3ccccc3)cc2CNS(=O)(=O)c2ccc(OC)cc2)cc1. The van der Waals surface area contributed by atoms with Gasteiger partial charge < -0.3 is 9.47 Å². The molecule has 4 rings (SSSR count). The van der Waals surface area contributed by atoms with Gasteiger partial charge >= 0.3 is 0 Å². The summed E-state index contributed by atoms with van der Waals surface area (Å²) in [6.07, 6.45) is 1.84. The lowest BCUT2D eigenvalue weighted by molar-refractivity contribution is 0.414. The van der Waals surface area contributed by atoms with Crippen LogP contribution in [0, 0.1) is 0 Å². The minimum absolute atomic E-state index is 0.0859. The molecule has 0 amide bonds. The molecule has 8 heteroatoms. The van der Waals surface area contributed by atoms with Crippen molar-refractivity contribution in [2.24, 2.45) is 0 Å². The zero-order chi connectivity index (χ0) is 22.6. The highest BCUT2D eigenvalue weighted by molar-refractivity contribution is 7.89. The molecular formula is C24H23N3O4S. The molecule has 0 atom stereocenters. The summed E-state index contributed by atoms with van der Waals surface area (Å²) in [6, 6.07) is 23.4. The van der Waals surface area contributed by atoms with Gasteiger partial charge in [-0.25, -0.2) is 17.8 Å². The van der Waals surface area contributed by atoms with Gasteiger partial charge in [-0.05, 0) is 60.7 Å². The van der Waals surface area contributed by atoms with Crippen LogP contribution in [0.2, 0.25) is 0 Å². The van der Waals surface area contributed by atoms with Crippen molar-refractivity contribution in [3.8, 4) is 28.4 Å². The topological polar surface area (TPSA) is 82.5 Å². The van der Waals surface area contributed by atoms with E-state index in [1.54, 1.807) is 23.9 Å². The third-order valence-corrected chi connectivity index (χ3v) is 6.41. The molecule has 0 aliphatic heterocycles. The second-order valence-electron chi connectivity index (χ2n) is 7.01. The Bertz CT molecular complexity index is 1280. The second-order valence-corrected chi connectivity index (χ2v) is 8.78. The summed E-state index contributed by atoms with van der Waals surface area (Å²) in [5.41, 5.74) is 3.18. The molecule has 32 heavy (non-hydrogen) atoms. The Morgan fingerprint density at radius 1 is 0.844 bits per heavy atom. The van der Waals surface area contributed by atoms with Gasteiger partial charge in [-0.2, -0.15) is 5.10 Å². The molecule has 7 nitrogen and oxygen atoms in total. The number of benzene rings is 3. The van der Waals surface area contributed by atoms with Crippen LogP contribution >= 0.6 is 0 Å². The number of nitrogens with zero attached hydrogens (tertiary/aromatic N) is 2. The van der Waals surface area contributed by atoms with E-state index in [0.29, 0.717) is 11.4 Å². The molecule has 0 fully saturated rings. The molecule has 0 bridgehead atoms. The maximum absolute atomic E-state index is 12.8. The van der Waals surface area contributed by atoms with Crippen LogP contribution in [0.25, 0.3) is 16.9 Å². The van der Waals surface area contributed by atoms with E-state index in [1.807, 2.05) is 60.8 Å². The van der Waals surface area contributed by atoms with E-state index in [4.69, 9.17) is 14.6 Å². The average molecular weight is 450 g/mol. The summed E-state index contributed by atoms with van der Waals surface area (Å²) in [5.74, 6) is 1.33. The molecule has 0 aliphatic rings. The van der Waals surface area contributed by atoms with Crippen molar-refractivity contribution in [2.75, 3.05) is 14.2 Å². The number of nitrogens with one attached hydrogen (secondary N) is 1. The summed E-state index contributed by atoms with van der Waals surface area (Å²) in [6.45, 7) is 0.0859. The number of hydrogen-bond donors (Lipinski definition) is 1. The van der Waals surface area contributed by atoms with Crippen molar-refractivity contribution in [3.63, 3.8) is 0 Å². The van der Waals surface area contributed by atoms with Gasteiger partial charge in [0.05, 0.1) is 30.5 Å². The van der Waals surface area contributed by atoms with Crippen LogP contribution in [0.1, 0.15) is 5.56 Å². The predicted molar refractivity (Wildman–Crippen MR) is 123 cm³/mol. The maximum Gasteiger partial charge on any atom is 0.240 e. The number of para-hydroxylation sites is 1. The number of rotatable bonds is 8. The minimum Gasteiger partial charge on any atom is -0.497 e. The maximum atomic E-state index is 12.8. The van der Waals surface area contributed by atoms with Gasteiger partial charge in [0.1, 0.15) is 11.5 Å². The molecule has 0 aliphatic carbocycles. The Kier molecular flexibility index (Phi) is 6.25. The van der Waals surface area contributed by atoms with Crippen molar-refractivity contribution < 1.29 is 17.9 Å². The Hall–Kier alpha value is -3.62. The molecule has 0 saturated heterocycles. The number of aromatic nitrogens is 2. The van der Waals surface area contributed by atoms with Crippen LogP contribution in [0.3, 0.4) is 0 Å². The Morgan fingerprint density at radius 3 is 2.03 bits per heavy atom. The van der Waals surface area contributed by atoms with Crippen molar-refractivity contribution in [2.45, 2.75) is 11.4 Å². The fourth-order valence-corrected chi connectivity index (χ4v) is 4.26. The van der Waals surface area contributed by atoms with Crippen molar-refractivity contribution in [1.82, 2.24) is 14.5 Å². The van der Waals surface area contributed by atoms with E-state index in [-0.39, 0.29) is 11.4 Å². The highest BCUT2D eigenvalue weighted by atomic mass is 32.2. The molecule has 3 aromatic carbocycles. The van der Waals surface area contributed by atoms with Crippen molar-refractivity contribution in [1.29, 1.82) is 0 Å². The molecule has 0 saturated carbocycles. The van der Waals surface area contributed by atoms with Crippen LogP contribution < -0.4 is 14.2 Å². The standard InChI is InChI=1S/C24H23N3O4S/c1-30-21-10-8-18(9-11-21)24-19(17-27(26-24)20-6-4-3-5-7-20)16-25-32(28,29)23-14-12-22(31-2)13-15-23/h3-15,17,25H,16H2,1-2H3. The van der Waals surface area contributed by atoms with E-state index >= 15 is 0 Å². The van der Waals surface area contributed by atoms with Crippen LogP contribution in [-0.2, 0) is 16.6 Å². The zero-order valence-corrected chi connectivity index (χ0v) is 18.5. The van der Waals surface area contributed by atoms with E-state index in [1.165, 1.54) is 19.2 Å². The highest BCUT2D eigenvalue weighted by Gasteiger charge is 2.18. The first-order valence-electron chi connectivity index (χ1n) is 9.92. The number of hydrogen-bond acceptors (Lipinski definition) is 5. The smallest absolute Gasteiger partial charge is 0.240 e. The largest absolute Gasteiger partial charge is 0.497 e. The summed E-state index contributed by atoms with van der Waals surface area (Å²) in [4.78, 5) is 0.166. The Balaban J connectivity index is 1.66. The zero-order valence-electron chi connectivity index (χ0n) is 17.7. The lowest BCUT2D eigenvalue weighted by Gasteiger charge is -2.08. The van der Waals surface area contributed by atoms with Crippen LogP contribution in [-0.4, -0.2) is 32.4 Å². The fourth-order valence-electron chi connectivity index (χ4n) is 3.25. The van der Waals surface area contributed by atoms with E-state index in [2.05, 4.69) is 4.72 Å². The minimum atomic E-state index is -3.71. The van der Waals surface area contributed by atoms with Gasteiger partial charge in [-0.3, -0.25) is 0 Å². The summed E-state index contributed by atoms with van der Waals surface area (Å²) in [5, 5.41) is 4.73. The van der Waals surface area contributed by atoms with E-state index in [0.717, 1.165) is 22.6 Å². The van der Waals surface area contributed by atoms with Gasteiger partial charge in [0.2, 0.25) is 10.0 Å². The van der Waals surface area contributed by atoms with Crippen molar-refractivity contribution >= 4 is 10.0 Å². The summed E-state index contributed by atoms with van der Waals surface area (Å²) < 4.78 is 40.4. The monoisotopic (exact) mass is 449 g/mol. The third kappa shape index (κ3) is 4.66. The molecule has 1 aromatic heterocycles. The van der Waals surface area contributed by atoms with Crippen LogP contribution in [0.15, 0.2) is 90.0 Å². The lowest BCUT2D eigenvalue weighted by atomic mass is 10.1. The highest BCUT2D eigenvalue weighted by Crippen LogP contribution is 2.26. The summed E-state index contributed by atoms with van der Waals surface area (Å²) in [7, 11) is -0.567. The molecule has 0 unspecified atom stereocenters. The molecule has 1 N–H and O–H groups in total. The molecule has 0 spiro atoms. The predicted octanol–water partition coefficient (Wildman–Crippen LogP) is 4.04. The van der Waals surface area contributed by atoms with Crippen LogP contribution in [0.4, 0.5) is 0 Å². The second kappa shape index (κ2) is 9.25. The number of sulfonamides is 1. The lowest BCUT2D eigenvalue weighted by Crippen LogP contribution is -2.23. The first-order valence-corrected chi connectivity index (χ1v) is 11.4. The first-order chi connectivity index (χ1) is 15.5. The molecule has 0 radical (unpaired) electrons. The Morgan fingerprint density at radius 2 is 1.44 bits per heavy atom. The molecule has 164 valence electrons. The summed E-state index contributed by atoms with van der Waals surface area (Å²) >= 11 is 0. The third-order valence-electron chi connectivity index (χ3n) is 5.00. The number of methoxy groups -OCH3 is 2. The van der Waals surface area contributed by atoms with E-state index < -0.39 is 10.0 Å². The molecule has 1 heterocycles. The number of ether oxygens (including phenoxy) is 2. The van der Waals surface area contributed by atoms with Gasteiger partial charge in [0, 0.05) is 23.9 Å². The Labute approximate surface area is 187 Å².